The van der Waals surface area contributed by atoms with Gasteiger partial charge in [0.25, 0.3) is 0 Å². The van der Waals surface area contributed by atoms with Crippen LogP contribution in [0.1, 0.15) is 25.0 Å². The van der Waals surface area contributed by atoms with Gasteiger partial charge in [0.2, 0.25) is 0 Å². The van der Waals surface area contributed by atoms with Crippen LogP contribution in [0.4, 0.5) is 0 Å². The molecule has 0 nitrogen and oxygen atoms in total. The second-order valence-electron chi connectivity index (χ2n) is 7.11. The standard InChI is InChI=1S/C27H24/c1-5-7-15-23-19(3)20(4)24(16-8-6-2)27(23)25-17-11-9-13-21(25)22-14-10-12-18-26(22)27/h5-18H,1-2H2,3-4H3/b15-7-,16-8-. The van der Waals surface area contributed by atoms with E-state index in [4.69, 9.17) is 0 Å². The summed E-state index contributed by atoms with van der Waals surface area (Å²) < 4.78 is 0. The lowest BCUT2D eigenvalue weighted by Crippen LogP contribution is -2.27. The molecule has 0 fully saturated rings. The van der Waals surface area contributed by atoms with Gasteiger partial charge in [0.15, 0.2) is 0 Å². The van der Waals surface area contributed by atoms with Crippen molar-refractivity contribution in [3.05, 3.63) is 132 Å². The third kappa shape index (κ3) is 2.23. The maximum atomic E-state index is 3.89. The molecule has 0 atom stereocenters. The van der Waals surface area contributed by atoms with E-state index in [1.165, 1.54) is 44.5 Å². The lowest BCUT2D eigenvalue weighted by atomic mass is 9.68. The van der Waals surface area contributed by atoms with Crippen LogP contribution >= 0.6 is 0 Å². The van der Waals surface area contributed by atoms with E-state index in [9.17, 15) is 0 Å². The highest BCUT2D eigenvalue weighted by molar-refractivity contribution is 5.89. The average Bonchev–Trinajstić information content (AvgIpc) is 3.11. The molecule has 27 heavy (non-hydrogen) atoms. The zero-order valence-corrected chi connectivity index (χ0v) is 16.0. The van der Waals surface area contributed by atoms with Crippen molar-refractivity contribution in [2.45, 2.75) is 19.3 Å². The summed E-state index contributed by atoms with van der Waals surface area (Å²) in [5, 5.41) is 0. The van der Waals surface area contributed by atoms with Crippen molar-refractivity contribution in [3.8, 4) is 11.1 Å². The van der Waals surface area contributed by atoms with E-state index >= 15 is 0 Å². The van der Waals surface area contributed by atoms with E-state index in [0.29, 0.717) is 0 Å². The van der Waals surface area contributed by atoms with Crippen LogP contribution in [0.2, 0.25) is 0 Å². The third-order valence-electron chi connectivity index (χ3n) is 5.93. The first kappa shape index (κ1) is 17.3. The largest absolute Gasteiger partial charge is 0.0991 e. The minimum absolute atomic E-state index is 0.277. The molecule has 0 heteroatoms. The van der Waals surface area contributed by atoms with Crippen LogP contribution in [0.5, 0.6) is 0 Å². The lowest BCUT2D eigenvalue weighted by molar-refractivity contribution is 0.777. The second-order valence-corrected chi connectivity index (χ2v) is 7.11. The molecule has 0 unspecified atom stereocenters. The molecule has 132 valence electrons. The maximum absolute atomic E-state index is 3.89. The minimum Gasteiger partial charge on any atom is -0.0991 e. The predicted molar refractivity (Wildman–Crippen MR) is 117 cm³/mol. The van der Waals surface area contributed by atoms with Gasteiger partial charge in [-0.15, -0.1) is 0 Å². The van der Waals surface area contributed by atoms with E-state index in [1.54, 1.807) is 0 Å². The molecule has 0 amide bonds. The highest BCUT2D eigenvalue weighted by atomic mass is 14.5. The third-order valence-corrected chi connectivity index (χ3v) is 5.93. The molecule has 0 aliphatic heterocycles. The Morgan fingerprint density at radius 2 is 1.07 bits per heavy atom. The Balaban J connectivity index is 2.17. The average molecular weight is 348 g/mol. The van der Waals surface area contributed by atoms with Crippen molar-refractivity contribution < 1.29 is 0 Å². The fourth-order valence-electron chi connectivity index (χ4n) is 4.76. The SMILES string of the molecule is C=C/C=C\C1=C(C)C(C)=C(/C=C\C=C)C12c1ccccc1-c1ccccc12. The van der Waals surface area contributed by atoms with E-state index in [1.807, 2.05) is 12.2 Å². The summed E-state index contributed by atoms with van der Waals surface area (Å²) >= 11 is 0. The molecule has 0 bridgehead atoms. The Morgan fingerprint density at radius 3 is 1.48 bits per heavy atom. The Bertz CT molecular complexity index is 979. The first-order valence-electron chi connectivity index (χ1n) is 9.38. The van der Waals surface area contributed by atoms with Crippen LogP contribution < -0.4 is 0 Å². The fourth-order valence-corrected chi connectivity index (χ4v) is 4.76. The van der Waals surface area contributed by atoms with Crippen molar-refractivity contribution in [1.82, 2.24) is 0 Å². The summed E-state index contributed by atoms with van der Waals surface area (Å²) in [6.07, 6.45) is 12.3. The van der Waals surface area contributed by atoms with Crippen molar-refractivity contribution in [1.29, 1.82) is 0 Å². The van der Waals surface area contributed by atoms with Gasteiger partial charge in [-0.1, -0.05) is 98.1 Å². The second kappa shape index (κ2) is 6.55. The van der Waals surface area contributed by atoms with Crippen LogP contribution in [-0.2, 0) is 5.41 Å². The highest BCUT2D eigenvalue weighted by Gasteiger charge is 2.51. The molecule has 0 saturated heterocycles. The molecular weight excluding hydrogens is 324 g/mol. The summed E-state index contributed by atoms with van der Waals surface area (Å²) in [7, 11) is 0. The molecular formula is C27H24. The number of benzene rings is 2. The van der Waals surface area contributed by atoms with Gasteiger partial charge >= 0.3 is 0 Å². The number of rotatable bonds is 4. The molecule has 4 rings (SSSR count). The van der Waals surface area contributed by atoms with Crippen molar-refractivity contribution in [2.24, 2.45) is 0 Å². The topological polar surface area (TPSA) is 0 Å². The molecule has 0 radical (unpaired) electrons. The Kier molecular flexibility index (Phi) is 4.20. The molecule has 2 aliphatic rings. The maximum Gasteiger partial charge on any atom is 0.0718 e. The minimum atomic E-state index is -0.277. The van der Waals surface area contributed by atoms with Crippen molar-refractivity contribution >= 4 is 0 Å². The number of fused-ring (bicyclic) bond motifs is 5. The van der Waals surface area contributed by atoms with Gasteiger partial charge in [-0.25, -0.2) is 0 Å². The first-order valence-corrected chi connectivity index (χ1v) is 9.38. The van der Waals surface area contributed by atoms with Crippen LogP contribution in [0.25, 0.3) is 11.1 Å². The molecule has 0 saturated carbocycles. The van der Waals surface area contributed by atoms with Gasteiger partial charge in [0, 0.05) is 0 Å². The normalized spacial score (nSPS) is 17.3. The molecule has 2 aromatic carbocycles. The predicted octanol–water partition coefficient (Wildman–Crippen LogP) is 7.08. The van der Waals surface area contributed by atoms with Gasteiger partial charge in [0.05, 0.1) is 5.41 Å². The van der Waals surface area contributed by atoms with Crippen molar-refractivity contribution in [3.63, 3.8) is 0 Å². The van der Waals surface area contributed by atoms with Gasteiger partial charge in [0.1, 0.15) is 0 Å². The van der Waals surface area contributed by atoms with Crippen molar-refractivity contribution in [2.75, 3.05) is 0 Å². The fraction of sp³-hybridized carbons (Fsp3) is 0.111. The number of hydrogen-bond donors (Lipinski definition) is 0. The van der Waals surface area contributed by atoms with Gasteiger partial charge in [-0.2, -0.15) is 0 Å². The van der Waals surface area contributed by atoms with Gasteiger partial charge in [-0.3, -0.25) is 0 Å². The summed E-state index contributed by atoms with van der Waals surface area (Å²) in [5.41, 5.74) is 10.4. The Morgan fingerprint density at radius 1 is 0.667 bits per heavy atom. The highest BCUT2D eigenvalue weighted by Crippen LogP contribution is 2.61. The monoisotopic (exact) mass is 348 g/mol. The summed E-state index contributed by atoms with van der Waals surface area (Å²) in [5.74, 6) is 0. The molecule has 2 aromatic rings. The molecule has 0 heterocycles. The quantitative estimate of drug-likeness (QED) is 0.518. The van der Waals surface area contributed by atoms with E-state index in [-0.39, 0.29) is 5.41 Å². The smallest absolute Gasteiger partial charge is 0.0718 e. The summed E-state index contributed by atoms with van der Waals surface area (Å²) in [4.78, 5) is 0. The lowest BCUT2D eigenvalue weighted by Gasteiger charge is -2.32. The molecule has 0 N–H and O–H groups in total. The zero-order valence-electron chi connectivity index (χ0n) is 16.0. The van der Waals surface area contributed by atoms with E-state index in [0.717, 1.165) is 0 Å². The number of allylic oxidation sites excluding steroid dienone is 10. The van der Waals surface area contributed by atoms with Gasteiger partial charge in [-0.05, 0) is 58.4 Å². The summed E-state index contributed by atoms with van der Waals surface area (Å²) in [6, 6.07) is 17.6. The van der Waals surface area contributed by atoms with Crippen LogP contribution in [0.15, 0.2) is 120 Å². The number of hydrogen-bond acceptors (Lipinski definition) is 0. The molecule has 2 aliphatic carbocycles. The van der Waals surface area contributed by atoms with E-state index < -0.39 is 0 Å². The van der Waals surface area contributed by atoms with Gasteiger partial charge < -0.3 is 0 Å². The zero-order chi connectivity index (χ0) is 19.0. The van der Waals surface area contributed by atoms with Crippen LogP contribution in [0, 0.1) is 0 Å². The summed E-state index contributed by atoms with van der Waals surface area (Å²) in [6.45, 7) is 12.2. The molecule has 1 spiro atoms. The van der Waals surface area contributed by atoms with Crippen LogP contribution in [0.3, 0.4) is 0 Å². The first-order chi connectivity index (χ1) is 13.2. The Labute approximate surface area is 162 Å². The Hall–Kier alpha value is -3.12. The van der Waals surface area contributed by atoms with Crippen LogP contribution in [-0.4, -0.2) is 0 Å². The molecule has 0 aromatic heterocycles. The van der Waals surface area contributed by atoms with E-state index in [2.05, 4.69) is 99.8 Å².